The summed E-state index contributed by atoms with van der Waals surface area (Å²) in [6.07, 6.45) is 1.99. The first-order chi connectivity index (χ1) is 14.9. The van der Waals surface area contributed by atoms with Gasteiger partial charge in [0.05, 0.1) is 0 Å². The molecule has 1 unspecified atom stereocenters. The number of fused-ring (bicyclic) bond motifs is 3. The number of amides is 1. The highest BCUT2D eigenvalue weighted by Crippen LogP contribution is 2.33. The third kappa shape index (κ3) is 4.50. The van der Waals surface area contributed by atoms with Crippen LogP contribution in [0.5, 0.6) is 0 Å². The number of hydrogen-bond donors (Lipinski definition) is 2. The fraction of sp³-hybridized carbons (Fsp3) is 0.292. The maximum absolute atomic E-state index is 13.9. The van der Waals surface area contributed by atoms with Crippen molar-refractivity contribution < 1.29 is 23.9 Å². The van der Waals surface area contributed by atoms with Gasteiger partial charge in [0.25, 0.3) is 0 Å². The normalized spacial score (nSPS) is 15.5. The first-order valence-corrected chi connectivity index (χ1v) is 10.3. The summed E-state index contributed by atoms with van der Waals surface area (Å²) in [4.78, 5) is 36.0. The molecule has 1 amide bonds. The molecule has 1 aromatic heterocycles. The van der Waals surface area contributed by atoms with E-state index < -0.39 is 5.97 Å². The van der Waals surface area contributed by atoms with Crippen LogP contribution in [0.1, 0.15) is 40.9 Å². The Morgan fingerprint density at radius 2 is 1.87 bits per heavy atom. The summed E-state index contributed by atoms with van der Waals surface area (Å²) in [7, 11) is 0. The lowest BCUT2D eigenvalue weighted by Crippen LogP contribution is -2.39. The predicted octanol–water partition coefficient (Wildman–Crippen LogP) is 3.50. The number of carbonyl (C=O) groups excluding carboxylic acids is 2. The summed E-state index contributed by atoms with van der Waals surface area (Å²) in [5.41, 5.74) is 3.04. The van der Waals surface area contributed by atoms with Crippen LogP contribution in [0.15, 0.2) is 48.5 Å². The molecule has 160 valence electrons. The van der Waals surface area contributed by atoms with Crippen LogP contribution >= 0.6 is 0 Å². The quantitative estimate of drug-likeness (QED) is 0.571. The van der Waals surface area contributed by atoms with Crippen LogP contribution in [0.3, 0.4) is 0 Å². The van der Waals surface area contributed by atoms with Crippen molar-refractivity contribution >= 4 is 28.6 Å². The summed E-state index contributed by atoms with van der Waals surface area (Å²) in [5, 5.41) is 13.0. The van der Waals surface area contributed by atoms with Crippen LogP contribution in [0, 0.1) is 5.82 Å². The highest BCUT2D eigenvalue weighted by molar-refractivity contribution is 5.98. The number of nitrogens with zero attached hydrogens (tertiary/aromatic N) is 1. The van der Waals surface area contributed by atoms with E-state index in [1.165, 1.54) is 12.1 Å². The van der Waals surface area contributed by atoms with Crippen LogP contribution in [0.4, 0.5) is 4.39 Å². The second kappa shape index (κ2) is 8.71. The fourth-order valence-electron chi connectivity index (χ4n) is 4.36. The topological polar surface area (TPSA) is 88.4 Å². The van der Waals surface area contributed by atoms with Crippen molar-refractivity contribution in [3.05, 3.63) is 71.2 Å². The lowest BCUT2D eigenvalue weighted by Gasteiger charge is -2.25. The first kappa shape index (κ1) is 20.8. The number of aliphatic carboxylic acids is 1. The van der Waals surface area contributed by atoms with Crippen molar-refractivity contribution in [2.24, 2.45) is 0 Å². The molecule has 2 aromatic carbocycles. The molecule has 0 saturated carbocycles. The van der Waals surface area contributed by atoms with Gasteiger partial charge in [-0.2, -0.15) is 0 Å². The molecule has 31 heavy (non-hydrogen) atoms. The number of carboxylic acid groups (broad SMARTS) is 1. The average Bonchev–Trinajstić information content (AvgIpc) is 3.04. The third-order valence-corrected chi connectivity index (χ3v) is 5.76. The summed E-state index contributed by atoms with van der Waals surface area (Å²) in [5.74, 6) is -1.61. The maximum Gasteiger partial charge on any atom is 0.323 e. The van der Waals surface area contributed by atoms with Crippen LogP contribution in [0.25, 0.3) is 10.9 Å². The van der Waals surface area contributed by atoms with Crippen molar-refractivity contribution in [3.63, 3.8) is 0 Å². The van der Waals surface area contributed by atoms with E-state index in [-0.39, 0.29) is 42.9 Å². The Hall–Kier alpha value is -3.48. The SMILES string of the molecule is O=C(O)Cn1c2c(c3cc(F)ccc31)CC(NC(=O)CCC(=O)c1ccccc1)CC2. The molecule has 0 aliphatic heterocycles. The molecule has 0 spiro atoms. The summed E-state index contributed by atoms with van der Waals surface area (Å²) >= 11 is 0. The molecular weight excluding hydrogens is 399 g/mol. The van der Waals surface area contributed by atoms with Gasteiger partial charge in [-0.05, 0) is 43.0 Å². The van der Waals surface area contributed by atoms with E-state index in [0.717, 1.165) is 11.3 Å². The number of Topliss-reactive ketones (excluding diaryl/α,β-unsaturated/α-hetero) is 1. The first-order valence-electron chi connectivity index (χ1n) is 10.3. The molecule has 0 saturated heterocycles. The third-order valence-electron chi connectivity index (χ3n) is 5.76. The number of nitrogens with one attached hydrogen (secondary N) is 1. The van der Waals surface area contributed by atoms with Gasteiger partial charge in [-0.3, -0.25) is 14.4 Å². The van der Waals surface area contributed by atoms with E-state index >= 15 is 0 Å². The fourth-order valence-corrected chi connectivity index (χ4v) is 4.36. The van der Waals surface area contributed by atoms with Gasteiger partial charge in [0.15, 0.2) is 5.78 Å². The van der Waals surface area contributed by atoms with Crippen molar-refractivity contribution in [2.75, 3.05) is 0 Å². The summed E-state index contributed by atoms with van der Waals surface area (Å²) < 4.78 is 15.6. The Morgan fingerprint density at radius 1 is 1.10 bits per heavy atom. The minimum absolute atomic E-state index is 0.0751. The Balaban J connectivity index is 1.45. The van der Waals surface area contributed by atoms with E-state index in [9.17, 15) is 23.9 Å². The Morgan fingerprint density at radius 3 is 2.61 bits per heavy atom. The zero-order chi connectivity index (χ0) is 22.0. The molecule has 1 atom stereocenters. The van der Waals surface area contributed by atoms with Gasteiger partial charge in [-0.15, -0.1) is 0 Å². The number of carbonyl (C=O) groups is 3. The molecule has 0 fully saturated rings. The van der Waals surface area contributed by atoms with E-state index in [4.69, 9.17) is 0 Å². The molecule has 0 radical (unpaired) electrons. The van der Waals surface area contributed by atoms with Gasteiger partial charge in [-0.25, -0.2) is 4.39 Å². The standard InChI is InChI=1S/C24H23FN2O4/c25-16-6-8-20-18(12-16)19-13-17(7-9-21(19)27(20)14-24(30)31)26-23(29)11-10-22(28)15-4-2-1-3-5-15/h1-6,8,12,17H,7,9-11,13-14H2,(H,26,29)(H,30,31). The van der Waals surface area contributed by atoms with Crippen LogP contribution in [-0.4, -0.2) is 33.4 Å². The molecule has 6 nitrogen and oxygen atoms in total. The van der Waals surface area contributed by atoms with E-state index in [1.54, 1.807) is 34.9 Å². The van der Waals surface area contributed by atoms with Crippen molar-refractivity contribution in [2.45, 2.75) is 44.7 Å². The lowest BCUT2D eigenvalue weighted by atomic mass is 9.91. The molecule has 2 N–H and O–H groups in total. The van der Waals surface area contributed by atoms with Gasteiger partial charge >= 0.3 is 5.97 Å². The number of benzene rings is 2. The molecule has 0 bridgehead atoms. The zero-order valence-electron chi connectivity index (χ0n) is 16.9. The number of carboxylic acids is 1. The Labute approximate surface area is 178 Å². The van der Waals surface area contributed by atoms with Gasteiger partial charge in [-0.1, -0.05) is 30.3 Å². The van der Waals surface area contributed by atoms with Gasteiger partial charge in [0.1, 0.15) is 12.4 Å². The minimum atomic E-state index is -0.956. The summed E-state index contributed by atoms with van der Waals surface area (Å²) in [6.45, 7) is -0.184. The monoisotopic (exact) mass is 422 g/mol. The second-order valence-corrected chi connectivity index (χ2v) is 7.86. The second-order valence-electron chi connectivity index (χ2n) is 7.86. The van der Waals surface area contributed by atoms with Crippen molar-refractivity contribution in [1.29, 1.82) is 0 Å². The molecular formula is C24H23FN2O4. The molecule has 7 heteroatoms. The molecule has 1 aliphatic rings. The highest BCUT2D eigenvalue weighted by atomic mass is 19.1. The summed E-state index contributed by atoms with van der Waals surface area (Å²) in [6, 6.07) is 13.1. The van der Waals surface area contributed by atoms with Crippen molar-refractivity contribution in [3.8, 4) is 0 Å². The number of halogens is 1. The molecule has 1 heterocycles. The minimum Gasteiger partial charge on any atom is -0.480 e. The average molecular weight is 422 g/mol. The number of ketones is 1. The van der Waals surface area contributed by atoms with Gasteiger partial charge < -0.3 is 15.0 Å². The highest BCUT2D eigenvalue weighted by Gasteiger charge is 2.27. The molecule has 1 aliphatic carbocycles. The maximum atomic E-state index is 13.9. The Kier molecular flexibility index (Phi) is 5.84. The van der Waals surface area contributed by atoms with Crippen molar-refractivity contribution in [1.82, 2.24) is 9.88 Å². The lowest BCUT2D eigenvalue weighted by molar-refractivity contribution is -0.137. The molecule has 3 aromatic rings. The van der Waals surface area contributed by atoms with E-state index in [1.807, 2.05) is 6.07 Å². The smallest absolute Gasteiger partial charge is 0.323 e. The predicted molar refractivity (Wildman–Crippen MR) is 113 cm³/mol. The van der Waals surface area contributed by atoms with Gasteiger partial charge in [0, 0.05) is 41.0 Å². The van der Waals surface area contributed by atoms with Crippen LogP contribution in [0.2, 0.25) is 0 Å². The van der Waals surface area contributed by atoms with Gasteiger partial charge in [0.2, 0.25) is 5.91 Å². The van der Waals surface area contributed by atoms with E-state index in [2.05, 4.69) is 5.32 Å². The number of rotatable bonds is 7. The zero-order valence-corrected chi connectivity index (χ0v) is 16.9. The molecule has 4 rings (SSSR count). The van der Waals surface area contributed by atoms with E-state index in [0.29, 0.717) is 35.7 Å². The Bertz CT molecular complexity index is 1150. The van der Waals surface area contributed by atoms with Crippen LogP contribution < -0.4 is 5.32 Å². The number of hydrogen-bond acceptors (Lipinski definition) is 3. The largest absolute Gasteiger partial charge is 0.480 e. The number of aromatic nitrogens is 1. The van der Waals surface area contributed by atoms with Crippen LogP contribution in [-0.2, 0) is 29.0 Å².